The zero-order valence-corrected chi connectivity index (χ0v) is 14.7. The van der Waals surface area contributed by atoms with Gasteiger partial charge in [-0.15, -0.1) is 0 Å². The van der Waals surface area contributed by atoms with Gasteiger partial charge in [0, 0.05) is 30.2 Å². The number of nitrogens with zero attached hydrogens (tertiary/aromatic N) is 1. The molecule has 126 valence electrons. The van der Waals surface area contributed by atoms with Gasteiger partial charge in [0.25, 0.3) is 0 Å². The summed E-state index contributed by atoms with van der Waals surface area (Å²) >= 11 is 11.8. The molecule has 3 rings (SSSR count). The number of nitrogens with one attached hydrogen (secondary N) is 2. The summed E-state index contributed by atoms with van der Waals surface area (Å²) in [7, 11) is 0. The second-order valence-corrected chi connectivity index (χ2v) is 6.62. The third-order valence-corrected chi connectivity index (χ3v) is 4.76. The van der Waals surface area contributed by atoms with Gasteiger partial charge in [-0.3, -0.25) is 0 Å². The van der Waals surface area contributed by atoms with Gasteiger partial charge in [-0.05, 0) is 61.7 Å². The van der Waals surface area contributed by atoms with E-state index in [2.05, 4.69) is 15.5 Å². The van der Waals surface area contributed by atoms with Gasteiger partial charge in [0.2, 0.25) is 0 Å². The number of carbonyl (C=O) groups excluding carboxylic acids is 1. The van der Waals surface area contributed by atoms with Crippen LogP contribution in [0.15, 0.2) is 42.5 Å². The predicted octanol–water partition coefficient (Wildman–Crippen LogP) is 5.63. The van der Waals surface area contributed by atoms with Crippen LogP contribution in [0, 0.1) is 0 Å². The third kappa shape index (κ3) is 4.34. The summed E-state index contributed by atoms with van der Waals surface area (Å²) in [5.41, 5.74) is 2.53. The van der Waals surface area contributed by atoms with E-state index in [1.807, 2.05) is 24.3 Å². The summed E-state index contributed by atoms with van der Waals surface area (Å²) in [4.78, 5) is 14.4. The molecule has 2 N–H and O–H groups in total. The molecule has 24 heavy (non-hydrogen) atoms. The average Bonchev–Trinajstić information content (AvgIpc) is 2.59. The highest BCUT2D eigenvalue weighted by Crippen LogP contribution is 2.25. The Hall–Kier alpha value is -1.91. The van der Waals surface area contributed by atoms with Gasteiger partial charge >= 0.3 is 6.03 Å². The van der Waals surface area contributed by atoms with Crippen LogP contribution in [-0.4, -0.2) is 19.1 Å². The molecule has 0 saturated carbocycles. The lowest BCUT2D eigenvalue weighted by molar-refractivity contribution is 0.262. The molecule has 2 aromatic carbocycles. The van der Waals surface area contributed by atoms with E-state index in [4.69, 9.17) is 23.2 Å². The molecule has 2 aromatic rings. The molecule has 0 unspecified atom stereocenters. The van der Waals surface area contributed by atoms with E-state index in [1.165, 1.54) is 24.9 Å². The Balaban J connectivity index is 1.58. The lowest BCUT2D eigenvalue weighted by Crippen LogP contribution is -2.29. The maximum atomic E-state index is 12.1. The minimum atomic E-state index is -0.320. The number of hydrogen-bond acceptors (Lipinski definition) is 2. The number of halogens is 2. The molecular weight excluding hydrogens is 345 g/mol. The van der Waals surface area contributed by atoms with E-state index in [0.29, 0.717) is 15.7 Å². The van der Waals surface area contributed by atoms with Crippen LogP contribution in [0.25, 0.3) is 0 Å². The van der Waals surface area contributed by atoms with E-state index in [9.17, 15) is 4.79 Å². The Kier molecular flexibility index (Phi) is 5.48. The molecule has 1 aliphatic rings. The minimum Gasteiger partial charge on any atom is -0.372 e. The van der Waals surface area contributed by atoms with Crippen molar-refractivity contribution >= 4 is 46.3 Å². The fraction of sp³-hybridized carbons (Fsp3) is 0.278. The summed E-state index contributed by atoms with van der Waals surface area (Å²) in [5.74, 6) is 0. The van der Waals surface area contributed by atoms with Gasteiger partial charge < -0.3 is 15.5 Å². The Bertz CT molecular complexity index is 713. The van der Waals surface area contributed by atoms with E-state index < -0.39 is 0 Å². The monoisotopic (exact) mass is 363 g/mol. The van der Waals surface area contributed by atoms with E-state index in [0.717, 1.165) is 18.8 Å². The van der Waals surface area contributed by atoms with Gasteiger partial charge in [-0.1, -0.05) is 23.2 Å². The van der Waals surface area contributed by atoms with Crippen LogP contribution < -0.4 is 15.5 Å². The average molecular weight is 364 g/mol. The van der Waals surface area contributed by atoms with Crippen molar-refractivity contribution in [3.63, 3.8) is 0 Å². The fourth-order valence-electron chi connectivity index (χ4n) is 2.78. The van der Waals surface area contributed by atoms with Crippen molar-refractivity contribution < 1.29 is 4.79 Å². The van der Waals surface area contributed by atoms with Crippen LogP contribution in [0.1, 0.15) is 19.3 Å². The molecule has 6 heteroatoms. The summed E-state index contributed by atoms with van der Waals surface area (Å²) in [5, 5.41) is 6.40. The number of rotatable bonds is 3. The molecular formula is C18H19Cl2N3O. The Morgan fingerprint density at radius 1 is 0.833 bits per heavy atom. The molecule has 1 aliphatic heterocycles. The third-order valence-electron chi connectivity index (χ3n) is 4.02. The molecule has 4 nitrogen and oxygen atoms in total. The number of hydrogen-bond donors (Lipinski definition) is 2. The lowest BCUT2D eigenvalue weighted by atomic mass is 10.1. The second-order valence-electron chi connectivity index (χ2n) is 5.80. The van der Waals surface area contributed by atoms with Crippen molar-refractivity contribution in [1.29, 1.82) is 0 Å². The summed E-state index contributed by atoms with van der Waals surface area (Å²) < 4.78 is 0. The van der Waals surface area contributed by atoms with Gasteiger partial charge in [-0.2, -0.15) is 0 Å². The highest BCUT2D eigenvalue weighted by Gasteiger charge is 2.11. The van der Waals surface area contributed by atoms with Crippen LogP contribution in [-0.2, 0) is 0 Å². The van der Waals surface area contributed by atoms with E-state index in [1.54, 1.807) is 18.2 Å². The van der Waals surface area contributed by atoms with E-state index >= 15 is 0 Å². The van der Waals surface area contributed by atoms with Crippen LogP contribution in [0.5, 0.6) is 0 Å². The van der Waals surface area contributed by atoms with Crippen molar-refractivity contribution in [2.24, 2.45) is 0 Å². The number of piperidine rings is 1. The molecule has 0 aromatic heterocycles. The van der Waals surface area contributed by atoms with Gasteiger partial charge in [0.15, 0.2) is 0 Å². The van der Waals surface area contributed by atoms with Crippen molar-refractivity contribution in [2.45, 2.75) is 19.3 Å². The minimum absolute atomic E-state index is 0.320. The molecule has 0 aliphatic carbocycles. The molecule has 1 heterocycles. The first-order valence-corrected chi connectivity index (χ1v) is 8.75. The zero-order chi connectivity index (χ0) is 16.9. The SMILES string of the molecule is O=C(Nc1ccc(N2CCCCC2)cc1)Nc1ccc(Cl)c(Cl)c1. The van der Waals surface area contributed by atoms with Crippen molar-refractivity contribution in [2.75, 3.05) is 28.6 Å². The van der Waals surface area contributed by atoms with Gasteiger partial charge in [0.1, 0.15) is 0 Å². The molecule has 1 fully saturated rings. The molecule has 0 radical (unpaired) electrons. The number of benzene rings is 2. The summed E-state index contributed by atoms with van der Waals surface area (Å²) in [6.45, 7) is 2.20. The lowest BCUT2D eigenvalue weighted by Gasteiger charge is -2.28. The largest absolute Gasteiger partial charge is 0.372 e. The van der Waals surface area contributed by atoms with Crippen LogP contribution in [0.2, 0.25) is 10.0 Å². The Morgan fingerprint density at radius 3 is 2.12 bits per heavy atom. The van der Waals surface area contributed by atoms with Crippen molar-refractivity contribution in [3.05, 3.63) is 52.5 Å². The first-order valence-electron chi connectivity index (χ1n) is 8.00. The number of anilines is 3. The highest BCUT2D eigenvalue weighted by atomic mass is 35.5. The summed E-state index contributed by atoms with van der Waals surface area (Å²) in [6, 6.07) is 12.6. The number of amides is 2. The normalized spacial score (nSPS) is 14.3. The molecule has 2 amide bonds. The molecule has 1 saturated heterocycles. The first kappa shape index (κ1) is 16.9. The van der Waals surface area contributed by atoms with Crippen molar-refractivity contribution in [3.8, 4) is 0 Å². The standard InChI is InChI=1S/C18H19Cl2N3O/c19-16-9-6-14(12-17(16)20)22-18(24)21-13-4-7-15(8-5-13)23-10-2-1-3-11-23/h4-9,12H,1-3,10-11H2,(H2,21,22,24). The van der Waals surface area contributed by atoms with E-state index in [-0.39, 0.29) is 6.03 Å². The van der Waals surface area contributed by atoms with Crippen LogP contribution >= 0.6 is 23.2 Å². The smallest absolute Gasteiger partial charge is 0.323 e. The molecule has 0 bridgehead atoms. The van der Waals surface area contributed by atoms with Crippen molar-refractivity contribution in [1.82, 2.24) is 0 Å². The Morgan fingerprint density at radius 2 is 1.46 bits per heavy atom. The highest BCUT2D eigenvalue weighted by molar-refractivity contribution is 6.42. The summed E-state index contributed by atoms with van der Waals surface area (Å²) in [6.07, 6.45) is 3.79. The fourth-order valence-corrected chi connectivity index (χ4v) is 3.07. The maximum absolute atomic E-state index is 12.1. The topological polar surface area (TPSA) is 44.4 Å². The predicted molar refractivity (Wildman–Crippen MR) is 102 cm³/mol. The molecule has 0 atom stereocenters. The van der Waals surface area contributed by atoms with Gasteiger partial charge in [-0.25, -0.2) is 4.79 Å². The van der Waals surface area contributed by atoms with Crippen LogP contribution in [0.3, 0.4) is 0 Å². The number of urea groups is 1. The maximum Gasteiger partial charge on any atom is 0.323 e. The van der Waals surface area contributed by atoms with Crippen LogP contribution in [0.4, 0.5) is 21.9 Å². The zero-order valence-electron chi connectivity index (χ0n) is 13.2. The first-order chi connectivity index (χ1) is 11.6. The second kappa shape index (κ2) is 7.77. The quantitative estimate of drug-likeness (QED) is 0.742. The van der Waals surface area contributed by atoms with Gasteiger partial charge in [0.05, 0.1) is 10.0 Å². The molecule has 0 spiro atoms. The Labute approximate surface area is 151 Å². The number of carbonyl (C=O) groups is 1.